The summed E-state index contributed by atoms with van der Waals surface area (Å²) in [5.41, 5.74) is 0.429. The van der Waals surface area contributed by atoms with Crippen molar-refractivity contribution in [3.63, 3.8) is 0 Å². The Bertz CT molecular complexity index is 640. The molecular formula is C21H30ClFN2O2. The molecule has 27 heavy (non-hydrogen) atoms. The van der Waals surface area contributed by atoms with Crippen LogP contribution in [0, 0.1) is 17.7 Å². The van der Waals surface area contributed by atoms with Crippen LogP contribution < -0.4 is 4.90 Å². The zero-order chi connectivity index (χ0) is 19.6. The second-order valence-corrected chi connectivity index (χ2v) is 9.19. The third kappa shape index (κ3) is 5.50. The van der Waals surface area contributed by atoms with Crippen LogP contribution in [0.15, 0.2) is 18.2 Å². The summed E-state index contributed by atoms with van der Waals surface area (Å²) in [6, 6.07) is 4.74. The molecule has 0 unspecified atom stereocenters. The number of hydrogen-bond donors (Lipinski definition) is 0. The fraction of sp³-hybridized carbons (Fsp3) is 0.667. The standard InChI is InChI=1S/C21H30ClFN2O2/c1-21(2,3)27-20(26)25-10-6-16(7-11-25)15-4-8-24(9-5-15)19-13-17(22)12-18(23)14-19/h12-16H,4-11H2,1-3H3. The lowest BCUT2D eigenvalue weighted by Gasteiger charge is -2.41. The number of ether oxygens (including phenoxy) is 1. The quantitative estimate of drug-likeness (QED) is 0.676. The molecule has 2 aliphatic heterocycles. The summed E-state index contributed by atoms with van der Waals surface area (Å²) < 4.78 is 19.1. The largest absolute Gasteiger partial charge is 0.444 e. The number of carbonyl (C=O) groups is 1. The Morgan fingerprint density at radius 3 is 2.11 bits per heavy atom. The molecule has 4 nitrogen and oxygen atoms in total. The van der Waals surface area contributed by atoms with Crippen molar-refractivity contribution < 1.29 is 13.9 Å². The van der Waals surface area contributed by atoms with E-state index in [1.807, 2.05) is 31.7 Å². The molecule has 0 atom stereocenters. The van der Waals surface area contributed by atoms with Crippen molar-refractivity contribution in [1.29, 1.82) is 0 Å². The van der Waals surface area contributed by atoms with Gasteiger partial charge in [0.25, 0.3) is 0 Å². The zero-order valence-electron chi connectivity index (χ0n) is 16.5. The number of likely N-dealkylation sites (tertiary alicyclic amines) is 1. The predicted molar refractivity (Wildman–Crippen MR) is 107 cm³/mol. The summed E-state index contributed by atoms with van der Waals surface area (Å²) >= 11 is 5.99. The van der Waals surface area contributed by atoms with E-state index in [4.69, 9.17) is 16.3 Å². The summed E-state index contributed by atoms with van der Waals surface area (Å²) in [7, 11) is 0. The van der Waals surface area contributed by atoms with Gasteiger partial charge in [0, 0.05) is 36.9 Å². The maximum Gasteiger partial charge on any atom is 0.410 e. The molecule has 2 heterocycles. The number of benzene rings is 1. The van der Waals surface area contributed by atoms with Crippen molar-refractivity contribution in [2.45, 2.75) is 52.1 Å². The number of amides is 1. The van der Waals surface area contributed by atoms with Gasteiger partial charge in [-0.25, -0.2) is 9.18 Å². The van der Waals surface area contributed by atoms with E-state index >= 15 is 0 Å². The molecule has 2 saturated heterocycles. The van der Waals surface area contributed by atoms with Crippen LogP contribution in [0.25, 0.3) is 0 Å². The van der Waals surface area contributed by atoms with Crippen LogP contribution in [0.5, 0.6) is 0 Å². The van der Waals surface area contributed by atoms with Crippen molar-refractivity contribution in [2.24, 2.45) is 11.8 Å². The number of anilines is 1. The SMILES string of the molecule is CC(C)(C)OC(=O)N1CCC(C2CCN(c3cc(F)cc(Cl)c3)CC2)CC1. The minimum absolute atomic E-state index is 0.196. The molecule has 0 saturated carbocycles. The monoisotopic (exact) mass is 396 g/mol. The first-order valence-electron chi connectivity index (χ1n) is 9.90. The smallest absolute Gasteiger partial charge is 0.410 e. The van der Waals surface area contributed by atoms with Crippen molar-refractivity contribution >= 4 is 23.4 Å². The van der Waals surface area contributed by atoms with Crippen LogP contribution in [0.4, 0.5) is 14.9 Å². The summed E-state index contributed by atoms with van der Waals surface area (Å²) in [5, 5.41) is 0.446. The lowest BCUT2D eigenvalue weighted by molar-refractivity contribution is 0.0152. The van der Waals surface area contributed by atoms with E-state index in [1.54, 1.807) is 6.07 Å². The second-order valence-electron chi connectivity index (χ2n) is 8.76. The van der Waals surface area contributed by atoms with E-state index in [2.05, 4.69) is 4.90 Å². The van der Waals surface area contributed by atoms with Crippen molar-refractivity contribution in [2.75, 3.05) is 31.1 Å². The van der Waals surface area contributed by atoms with Crippen LogP contribution in [-0.4, -0.2) is 42.8 Å². The summed E-state index contributed by atoms with van der Waals surface area (Å²) in [4.78, 5) is 16.3. The van der Waals surface area contributed by atoms with Gasteiger partial charge in [-0.1, -0.05) is 11.6 Å². The lowest BCUT2D eigenvalue weighted by Crippen LogP contribution is -2.44. The number of hydrogen-bond acceptors (Lipinski definition) is 3. The average molecular weight is 397 g/mol. The zero-order valence-corrected chi connectivity index (χ0v) is 17.3. The van der Waals surface area contributed by atoms with Crippen molar-refractivity contribution in [3.8, 4) is 0 Å². The molecule has 0 radical (unpaired) electrons. The molecule has 1 aromatic carbocycles. The minimum atomic E-state index is -0.444. The third-order valence-electron chi connectivity index (χ3n) is 5.61. The van der Waals surface area contributed by atoms with Crippen LogP contribution in [0.2, 0.25) is 5.02 Å². The highest BCUT2D eigenvalue weighted by atomic mass is 35.5. The van der Waals surface area contributed by atoms with Gasteiger partial charge in [0.2, 0.25) is 0 Å². The molecule has 1 amide bonds. The van der Waals surface area contributed by atoms with Crippen LogP contribution in [-0.2, 0) is 4.74 Å². The van der Waals surface area contributed by atoms with E-state index in [0.717, 1.165) is 57.5 Å². The third-order valence-corrected chi connectivity index (χ3v) is 5.83. The molecule has 0 spiro atoms. The van der Waals surface area contributed by atoms with Gasteiger partial charge in [-0.2, -0.15) is 0 Å². The van der Waals surface area contributed by atoms with Gasteiger partial charge in [-0.05, 0) is 76.5 Å². The molecule has 150 valence electrons. The molecule has 0 aliphatic carbocycles. The Kier molecular flexibility index (Phi) is 6.19. The molecule has 1 aromatic rings. The lowest BCUT2D eigenvalue weighted by atomic mass is 9.79. The van der Waals surface area contributed by atoms with Gasteiger partial charge < -0.3 is 14.5 Å². The highest BCUT2D eigenvalue weighted by molar-refractivity contribution is 6.30. The number of carbonyl (C=O) groups excluding carboxylic acids is 1. The van der Waals surface area contributed by atoms with Crippen LogP contribution >= 0.6 is 11.6 Å². The molecule has 3 rings (SSSR count). The number of piperidine rings is 2. The maximum absolute atomic E-state index is 13.6. The highest BCUT2D eigenvalue weighted by Crippen LogP contribution is 2.34. The second kappa shape index (κ2) is 8.26. The van der Waals surface area contributed by atoms with E-state index in [1.165, 1.54) is 6.07 Å². The topological polar surface area (TPSA) is 32.8 Å². The number of rotatable bonds is 2. The Morgan fingerprint density at radius 1 is 1.04 bits per heavy atom. The van der Waals surface area contributed by atoms with E-state index in [9.17, 15) is 9.18 Å². The highest BCUT2D eigenvalue weighted by Gasteiger charge is 2.32. The first-order chi connectivity index (χ1) is 12.7. The van der Waals surface area contributed by atoms with Crippen molar-refractivity contribution in [1.82, 2.24) is 4.90 Å². The summed E-state index contributed by atoms with van der Waals surface area (Å²) in [5.74, 6) is 1.04. The Hall–Kier alpha value is -1.49. The van der Waals surface area contributed by atoms with Gasteiger partial charge in [0.1, 0.15) is 11.4 Å². The van der Waals surface area contributed by atoms with E-state index < -0.39 is 5.60 Å². The summed E-state index contributed by atoms with van der Waals surface area (Å²) in [6.45, 7) is 9.11. The molecule has 2 fully saturated rings. The first-order valence-corrected chi connectivity index (χ1v) is 10.3. The van der Waals surface area contributed by atoms with Gasteiger partial charge in [-0.15, -0.1) is 0 Å². The van der Waals surface area contributed by atoms with Crippen LogP contribution in [0.1, 0.15) is 46.5 Å². The molecule has 0 bridgehead atoms. The Balaban J connectivity index is 1.48. The first kappa shape index (κ1) is 20.2. The fourth-order valence-corrected chi connectivity index (χ4v) is 4.45. The number of nitrogens with zero attached hydrogens (tertiary/aromatic N) is 2. The molecular weight excluding hydrogens is 367 g/mol. The summed E-state index contributed by atoms with van der Waals surface area (Å²) in [6.07, 6.45) is 4.08. The Labute approximate surface area is 166 Å². The molecule has 2 aliphatic rings. The minimum Gasteiger partial charge on any atom is -0.444 e. The van der Waals surface area contributed by atoms with Gasteiger partial charge in [0.05, 0.1) is 0 Å². The van der Waals surface area contributed by atoms with E-state index in [-0.39, 0.29) is 11.9 Å². The van der Waals surface area contributed by atoms with Crippen molar-refractivity contribution in [3.05, 3.63) is 29.0 Å². The van der Waals surface area contributed by atoms with Gasteiger partial charge in [-0.3, -0.25) is 0 Å². The van der Waals surface area contributed by atoms with E-state index in [0.29, 0.717) is 16.9 Å². The maximum atomic E-state index is 13.6. The van der Waals surface area contributed by atoms with Gasteiger partial charge in [0.15, 0.2) is 0 Å². The van der Waals surface area contributed by atoms with Gasteiger partial charge >= 0.3 is 6.09 Å². The normalized spacial score (nSPS) is 20.0. The number of halogens is 2. The molecule has 0 aromatic heterocycles. The van der Waals surface area contributed by atoms with Crippen LogP contribution in [0.3, 0.4) is 0 Å². The average Bonchev–Trinajstić information content (AvgIpc) is 2.60. The predicted octanol–water partition coefficient (Wildman–Crippen LogP) is 5.34. The Morgan fingerprint density at radius 2 is 1.59 bits per heavy atom. The molecule has 0 N–H and O–H groups in total. The molecule has 6 heteroatoms. The fourth-order valence-electron chi connectivity index (χ4n) is 4.23.